The normalized spacial score (nSPS) is 16.3. The molecule has 106 valence electrons. The number of carbonyl (C=O) groups is 2. The van der Waals surface area contributed by atoms with E-state index in [4.69, 9.17) is 5.11 Å². The summed E-state index contributed by atoms with van der Waals surface area (Å²) in [5.41, 5.74) is 0. The van der Waals surface area contributed by atoms with Crippen molar-refractivity contribution in [2.24, 2.45) is 0 Å². The van der Waals surface area contributed by atoms with Crippen molar-refractivity contribution in [3.8, 4) is 0 Å². The molecular weight excluding hydrogens is 260 g/mol. The van der Waals surface area contributed by atoms with Crippen LogP contribution >= 0.6 is 0 Å². The maximum absolute atomic E-state index is 11.5. The van der Waals surface area contributed by atoms with Crippen molar-refractivity contribution in [1.82, 2.24) is 15.3 Å². The molecule has 1 saturated heterocycles. The second kappa shape index (κ2) is 6.65. The minimum Gasteiger partial charge on any atom is -0.478 e. The van der Waals surface area contributed by atoms with E-state index in [1.807, 2.05) is 0 Å². The van der Waals surface area contributed by atoms with Crippen LogP contribution in [0.3, 0.4) is 0 Å². The molecule has 1 aliphatic rings. The van der Waals surface area contributed by atoms with E-state index in [0.29, 0.717) is 5.95 Å². The van der Waals surface area contributed by atoms with Gasteiger partial charge < -0.3 is 15.3 Å². The molecule has 1 fully saturated rings. The summed E-state index contributed by atoms with van der Waals surface area (Å²) in [5.74, 6) is -0.805. The summed E-state index contributed by atoms with van der Waals surface area (Å²) in [5, 5.41) is 11.2. The molecule has 7 nitrogen and oxygen atoms in total. The number of aromatic nitrogens is 2. The van der Waals surface area contributed by atoms with Gasteiger partial charge >= 0.3 is 5.97 Å². The number of carboxylic acids is 1. The Bertz CT molecular complexity index is 496. The van der Waals surface area contributed by atoms with Crippen LogP contribution < -0.4 is 10.2 Å². The molecule has 20 heavy (non-hydrogen) atoms. The number of carbonyl (C=O) groups excluding carboxylic acids is 1. The number of hydrogen-bond acceptors (Lipinski definition) is 5. The molecule has 2 rings (SSSR count). The van der Waals surface area contributed by atoms with E-state index in [-0.39, 0.29) is 11.9 Å². The third kappa shape index (κ3) is 4.04. The van der Waals surface area contributed by atoms with Gasteiger partial charge in [0.2, 0.25) is 11.9 Å². The van der Waals surface area contributed by atoms with E-state index < -0.39 is 5.97 Å². The third-order valence-electron chi connectivity index (χ3n) is 3.05. The second-order valence-corrected chi connectivity index (χ2v) is 4.49. The van der Waals surface area contributed by atoms with Gasteiger partial charge in [0.15, 0.2) is 0 Å². The lowest BCUT2D eigenvalue weighted by atomic mass is 10.1. The third-order valence-corrected chi connectivity index (χ3v) is 3.05. The van der Waals surface area contributed by atoms with Crippen molar-refractivity contribution in [1.29, 1.82) is 0 Å². The molecule has 0 unspecified atom stereocenters. The molecule has 1 aliphatic heterocycles. The molecule has 0 spiro atoms. The molecule has 0 bridgehead atoms. The number of rotatable bonds is 4. The Morgan fingerprint density at radius 1 is 1.25 bits per heavy atom. The van der Waals surface area contributed by atoms with Crippen LogP contribution in [0.4, 0.5) is 5.95 Å². The Morgan fingerprint density at radius 2 is 1.90 bits per heavy atom. The summed E-state index contributed by atoms with van der Waals surface area (Å²) < 4.78 is 0. The van der Waals surface area contributed by atoms with E-state index in [2.05, 4.69) is 20.2 Å². The van der Waals surface area contributed by atoms with Crippen molar-refractivity contribution < 1.29 is 14.7 Å². The van der Waals surface area contributed by atoms with E-state index in [9.17, 15) is 9.59 Å². The van der Waals surface area contributed by atoms with Crippen LogP contribution in [0.15, 0.2) is 30.6 Å². The highest BCUT2D eigenvalue weighted by Gasteiger charge is 2.21. The first-order valence-corrected chi connectivity index (χ1v) is 6.38. The Balaban J connectivity index is 1.80. The molecule has 0 radical (unpaired) electrons. The van der Waals surface area contributed by atoms with Gasteiger partial charge in [0.1, 0.15) is 0 Å². The lowest BCUT2D eigenvalue weighted by Crippen LogP contribution is -2.44. The van der Waals surface area contributed by atoms with Crippen molar-refractivity contribution in [2.75, 3.05) is 18.0 Å². The van der Waals surface area contributed by atoms with Crippen LogP contribution in [0.2, 0.25) is 0 Å². The molecule has 1 amide bonds. The van der Waals surface area contributed by atoms with Crippen molar-refractivity contribution in [2.45, 2.75) is 18.9 Å². The maximum atomic E-state index is 11.5. The fourth-order valence-corrected chi connectivity index (χ4v) is 2.07. The molecule has 0 aromatic carbocycles. The monoisotopic (exact) mass is 276 g/mol. The lowest BCUT2D eigenvalue weighted by Gasteiger charge is -2.32. The highest BCUT2D eigenvalue weighted by Crippen LogP contribution is 2.15. The number of amides is 1. The lowest BCUT2D eigenvalue weighted by molar-refractivity contribution is -0.131. The molecule has 1 aromatic rings. The zero-order chi connectivity index (χ0) is 14.4. The zero-order valence-corrected chi connectivity index (χ0v) is 10.9. The average molecular weight is 276 g/mol. The predicted octanol–water partition coefficient (Wildman–Crippen LogP) is 0.202. The fraction of sp³-hybridized carbons (Fsp3) is 0.385. The topological polar surface area (TPSA) is 95.4 Å². The minimum atomic E-state index is -1.13. The molecule has 0 atom stereocenters. The minimum absolute atomic E-state index is 0.0564. The first-order chi connectivity index (χ1) is 9.65. The summed E-state index contributed by atoms with van der Waals surface area (Å²) in [6.07, 6.45) is 6.84. The van der Waals surface area contributed by atoms with E-state index in [1.165, 1.54) is 0 Å². The van der Waals surface area contributed by atoms with Crippen molar-refractivity contribution in [3.05, 3.63) is 30.6 Å². The van der Waals surface area contributed by atoms with Gasteiger partial charge in [0.25, 0.3) is 0 Å². The van der Waals surface area contributed by atoms with Gasteiger partial charge in [-0.15, -0.1) is 0 Å². The average Bonchev–Trinajstić information content (AvgIpc) is 2.47. The van der Waals surface area contributed by atoms with Crippen molar-refractivity contribution >= 4 is 17.8 Å². The van der Waals surface area contributed by atoms with E-state index in [1.54, 1.807) is 18.5 Å². The number of piperidine rings is 1. The summed E-state index contributed by atoms with van der Waals surface area (Å²) in [4.78, 5) is 32.2. The van der Waals surface area contributed by atoms with Crippen LogP contribution in [0.5, 0.6) is 0 Å². The standard InChI is InChI=1S/C13H16N4O3/c18-11(2-3-12(19)20)16-10-4-8-17(9-5-10)13-14-6-1-7-15-13/h1-3,6-7,10H,4-5,8-9H2,(H,16,18)(H,19,20)/b3-2+. The second-order valence-electron chi connectivity index (χ2n) is 4.49. The van der Waals surface area contributed by atoms with Crippen LogP contribution in [-0.4, -0.2) is 46.1 Å². The highest BCUT2D eigenvalue weighted by atomic mass is 16.4. The van der Waals surface area contributed by atoms with Crippen LogP contribution in [0, 0.1) is 0 Å². The van der Waals surface area contributed by atoms with Gasteiger partial charge in [-0.1, -0.05) is 0 Å². The smallest absolute Gasteiger partial charge is 0.328 e. The number of nitrogens with one attached hydrogen (secondary N) is 1. The molecule has 0 aliphatic carbocycles. The van der Waals surface area contributed by atoms with Gasteiger partial charge in [0.05, 0.1) is 0 Å². The van der Waals surface area contributed by atoms with Crippen LogP contribution in [0.1, 0.15) is 12.8 Å². The summed E-state index contributed by atoms with van der Waals surface area (Å²) in [7, 11) is 0. The van der Waals surface area contributed by atoms with Gasteiger partial charge in [-0.25, -0.2) is 14.8 Å². The molecule has 1 aromatic heterocycles. The fourth-order valence-electron chi connectivity index (χ4n) is 2.07. The molecule has 7 heteroatoms. The SMILES string of the molecule is O=C(O)/C=C/C(=O)NC1CCN(c2ncccn2)CC1. The van der Waals surface area contributed by atoms with Gasteiger partial charge in [-0.05, 0) is 18.9 Å². The van der Waals surface area contributed by atoms with Gasteiger partial charge in [-0.2, -0.15) is 0 Å². The molecular formula is C13H16N4O3. The Hall–Kier alpha value is -2.44. The first kappa shape index (κ1) is 14.0. The summed E-state index contributed by atoms with van der Waals surface area (Å²) in [6.45, 7) is 1.52. The van der Waals surface area contributed by atoms with Crippen LogP contribution in [-0.2, 0) is 9.59 Å². The maximum Gasteiger partial charge on any atom is 0.328 e. The first-order valence-electron chi connectivity index (χ1n) is 6.38. The van der Waals surface area contributed by atoms with E-state index in [0.717, 1.165) is 38.1 Å². The number of anilines is 1. The van der Waals surface area contributed by atoms with Crippen LogP contribution in [0.25, 0.3) is 0 Å². The van der Waals surface area contributed by atoms with E-state index >= 15 is 0 Å². The quantitative estimate of drug-likeness (QED) is 0.763. The Kier molecular flexibility index (Phi) is 4.65. The number of carboxylic acid groups (broad SMARTS) is 1. The molecule has 2 N–H and O–H groups in total. The molecule has 0 saturated carbocycles. The summed E-state index contributed by atoms with van der Waals surface area (Å²) in [6, 6.07) is 1.83. The Labute approximate surface area is 116 Å². The summed E-state index contributed by atoms with van der Waals surface area (Å²) >= 11 is 0. The Morgan fingerprint density at radius 3 is 2.50 bits per heavy atom. The predicted molar refractivity (Wildman–Crippen MR) is 72.2 cm³/mol. The van der Waals surface area contributed by atoms with Gasteiger partial charge in [-0.3, -0.25) is 4.79 Å². The van der Waals surface area contributed by atoms with Crippen molar-refractivity contribution in [3.63, 3.8) is 0 Å². The number of hydrogen-bond donors (Lipinski definition) is 2. The molecule has 2 heterocycles. The highest BCUT2D eigenvalue weighted by molar-refractivity contribution is 5.94. The van der Waals surface area contributed by atoms with Gasteiger partial charge in [0, 0.05) is 43.7 Å². The largest absolute Gasteiger partial charge is 0.478 e. The zero-order valence-electron chi connectivity index (χ0n) is 10.9. The number of aliphatic carboxylic acids is 1. The number of nitrogens with zero attached hydrogens (tertiary/aromatic N) is 3.